The van der Waals surface area contributed by atoms with E-state index in [4.69, 9.17) is 5.73 Å². The Morgan fingerprint density at radius 3 is 2.50 bits per heavy atom. The second-order valence-electron chi connectivity index (χ2n) is 11.6. The van der Waals surface area contributed by atoms with Gasteiger partial charge in [0.2, 0.25) is 10.0 Å². The van der Waals surface area contributed by atoms with Crippen LogP contribution in [0.15, 0.2) is 42.5 Å². The Morgan fingerprint density at radius 1 is 1.15 bits per heavy atom. The monoisotopic (exact) mass is 563 g/mol. The third kappa shape index (κ3) is 5.64. The van der Waals surface area contributed by atoms with Crippen LogP contribution in [0.1, 0.15) is 66.2 Å². The predicted molar refractivity (Wildman–Crippen MR) is 157 cm³/mol. The first-order valence-electron chi connectivity index (χ1n) is 13.8. The number of aliphatic hydroxyl groups is 1. The van der Waals surface area contributed by atoms with Gasteiger partial charge >= 0.3 is 0 Å². The Balaban J connectivity index is 1.49. The van der Waals surface area contributed by atoms with E-state index in [1.807, 2.05) is 50.3 Å². The van der Waals surface area contributed by atoms with Crippen molar-refractivity contribution in [2.24, 2.45) is 11.7 Å². The van der Waals surface area contributed by atoms with Crippen LogP contribution < -0.4 is 5.73 Å². The van der Waals surface area contributed by atoms with Gasteiger partial charge in [0, 0.05) is 36.5 Å². The number of hydrogen-bond acceptors (Lipinski definition) is 5. The number of aromatic nitrogens is 1. The van der Waals surface area contributed by atoms with Crippen LogP contribution in [0, 0.1) is 12.8 Å². The maximum absolute atomic E-state index is 13.2. The number of benzene rings is 2. The van der Waals surface area contributed by atoms with Crippen LogP contribution in [0.2, 0.25) is 0 Å². The van der Waals surface area contributed by atoms with Crippen LogP contribution in [0.25, 0.3) is 27.6 Å². The van der Waals surface area contributed by atoms with Gasteiger partial charge in [0.05, 0.1) is 22.9 Å². The van der Waals surface area contributed by atoms with E-state index in [-0.39, 0.29) is 11.7 Å². The quantitative estimate of drug-likeness (QED) is 0.393. The molecular weight excluding hydrogens is 526 g/mol. The molecule has 0 spiro atoms. The minimum Gasteiger partial charge on any atom is -0.390 e. The van der Waals surface area contributed by atoms with Crippen molar-refractivity contribution < 1.29 is 23.1 Å². The van der Waals surface area contributed by atoms with Crippen LogP contribution in [-0.2, 0) is 21.2 Å². The molecule has 3 aromatic rings. The number of rotatable bonds is 7. The van der Waals surface area contributed by atoms with Gasteiger partial charge in [-0.25, -0.2) is 8.42 Å². The van der Waals surface area contributed by atoms with Crippen molar-refractivity contribution in [3.63, 3.8) is 0 Å². The van der Waals surface area contributed by atoms with Gasteiger partial charge in [-0.2, -0.15) is 4.31 Å². The molecule has 0 bridgehead atoms. The van der Waals surface area contributed by atoms with Crippen molar-refractivity contribution in [2.75, 3.05) is 19.3 Å². The van der Waals surface area contributed by atoms with E-state index in [0.717, 1.165) is 38.9 Å². The van der Waals surface area contributed by atoms with E-state index in [0.29, 0.717) is 62.7 Å². The summed E-state index contributed by atoms with van der Waals surface area (Å²) in [6.07, 6.45) is 6.72. The molecule has 0 unspecified atom stereocenters. The predicted octanol–water partition coefficient (Wildman–Crippen LogP) is 4.34. The summed E-state index contributed by atoms with van der Waals surface area (Å²) in [5.41, 5.74) is 11.8. The maximum Gasteiger partial charge on any atom is 0.250 e. The van der Waals surface area contributed by atoms with Gasteiger partial charge < -0.3 is 15.8 Å². The first kappa shape index (κ1) is 28.3. The first-order chi connectivity index (χ1) is 18.8. The lowest BCUT2D eigenvalue weighted by Gasteiger charge is -2.32. The van der Waals surface area contributed by atoms with Gasteiger partial charge in [-0.1, -0.05) is 30.3 Å². The second-order valence-corrected chi connectivity index (χ2v) is 13.6. The van der Waals surface area contributed by atoms with Gasteiger partial charge in [0.25, 0.3) is 5.91 Å². The van der Waals surface area contributed by atoms with Crippen molar-refractivity contribution >= 4 is 38.2 Å². The number of hydrogen-bond donors (Lipinski definition) is 3. The highest BCUT2D eigenvalue weighted by Crippen LogP contribution is 2.37. The van der Waals surface area contributed by atoms with Crippen LogP contribution in [-0.4, -0.2) is 59.5 Å². The molecule has 2 heterocycles. The van der Waals surface area contributed by atoms with Crippen LogP contribution in [0.5, 0.6) is 0 Å². The highest BCUT2D eigenvalue weighted by atomic mass is 32.2. The molecule has 8 nitrogen and oxygen atoms in total. The molecule has 212 valence electrons. The molecule has 1 amide bonds. The lowest BCUT2D eigenvalue weighted by molar-refractivity contribution is -0.124. The highest BCUT2D eigenvalue weighted by molar-refractivity contribution is 7.88. The number of sulfonamides is 1. The first-order valence-corrected chi connectivity index (χ1v) is 15.6. The molecule has 1 aromatic heterocycles. The Hall–Kier alpha value is -3.27. The minimum absolute atomic E-state index is 0.0283. The van der Waals surface area contributed by atoms with Crippen molar-refractivity contribution in [1.29, 1.82) is 0 Å². The molecule has 4 N–H and O–H groups in total. The zero-order valence-electron chi connectivity index (χ0n) is 23.3. The topological polar surface area (TPSA) is 134 Å². The molecule has 1 saturated carbocycles. The Bertz CT molecular complexity index is 1620. The zero-order valence-corrected chi connectivity index (χ0v) is 24.1. The van der Waals surface area contributed by atoms with Gasteiger partial charge in [-0.15, -0.1) is 0 Å². The number of carbonyl (C=O) groups excluding carboxylic acids is 2. The van der Waals surface area contributed by atoms with Gasteiger partial charge in [0.1, 0.15) is 5.78 Å². The standard InChI is InChI=1S/C31H37N3O5S/c1-19-22(17-28(35)21-9-13-31(2,37)14-10-21)5-4-6-23(19)24-7-8-25(30(32)36)29-26(24)18-27(33-29)20-11-15-34(16-12-20)40(3,38)39/h4-8,11,18,21,33,37H,9-10,12-17H2,1-3H3,(H2,32,36). The zero-order chi connectivity index (χ0) is 28.8. The van der Waals surface area contributed by atoms with Crippen LogP contribution in [0.4, 0.5) is 0 Å². The van der Waals surface area contributed by atoms with Crippen molar-refractivity contribution in [1.82, 2.24) is 9.29 Å². The number of primary amides is 1. The Kier molecular flexibility index (Phi) is 7.50. The summed E-state index contributed by atoms with van der Waals surface area (Å²) in [4.78, 5) is 28.9. The van der Waals surface area contributed by atoms with Gasteiger partial charge in [-0.05, 0) is 85.9 Å². The van der Waals surface area contributed by atoms with E-state index >= 15 is 0 Å². The van der Waals surface area contributed by atoms with Crippen molar-refractivity contribution in [2.45, 2.75) is 58.0 Å². The number of aromatic amines is 1. The van der Waals surface area contributed by atoms with Crippen LogP contribution in [0.3, 0.4) is 0 Å². The average molecular weight is 564 g/mol. The fraction of sp³-hybridized carbons (Fsp3) is 0.419. The molecule has 5 rings (SSSR count). The summed E-state index contributed by atoms with van der Waals surface area (Å²) in [6.45, 7) is 4.55. The Morgan fingerprint density at radius 2 is 1.88 bits per heavy atom. The number of nitrogens with two attached hydrogens (primary N) is 1. The number of nitrogens with zero attached hydrogens (tertiary/aromatic N) is 1. The summed E-state index contributed by atoms with van der Waals surface area (Å²) >= 11 is 0. The van der Waals surface area contributed by atoms with Crippen LogP contribution >= 0.6 is 0 Å². The van der Waals surface area contributed by atoms with E-state index in [9.17, 15) is 23.1 Å². The number of carbonyl (C=O) groups is 2. The normalized spacial score (nSPS) is 22.3. The summed E-state index contributed by atoms with van der Waals surface area (Å²) in [7, 11) is -3.26. The van der Waals surface area contributed by atoms with Gasteiger partial charge in [-0.3, -0.25) is 9.59 Å². The molecule has 0 radical (unpaired) electrons. The number of Topliss-reactive ketones (excluding diaryl/α,β-unsaturated/α-hetero) is 1. The lowest BCUT2D eigenvalue weighted by atomic mass is 9.77. The van der Waals surface area contributed by atoms with E-state index in [1.54, 1.807) is 6.07 Å². The summed E-state index contributed by atoms with van der Waals surface area (Å²) in [6, 6.07) is 11.6. The third-order valence-corrected chi connectivity index (χ3v) is 9.93. The summed E-state index contributed by atoms with van der Waals surface area (Å²) in [5.74, 6) is -0.353. The summed E-state index contributed by atoms with van der Waals surface area (Å²) < 4.78 is 25.3. The van der Waals surface area contributed by atoms with E-state index in [2.05, 4.69) is 4.98 Å². The maximum atomic E-state index is 13.2. The number of nitrogens with one attached hydrogen (secondary N) is 1. The molecule has 0 atom stereocenters. The number of fused-ring (bicyclic) bond motifs is 1. The van der Waals surface area contributed by atoms with Crippen molar-refractivity contribution in [3.8, 4) is 11.1 Å². The van der Waals surface area contributed by atoms with Crippen molar-refractivity contribution in [3.05, 3.63) is 64.9 Å². The molecule has 0 saturated heterocycles. The van der Waals surface area contributed by atoms with Gasteiger partial charge in [0.15, 0.2) is 0 Å². The third-order valence-electron chi connectivity index (χ3n) is 8.67. The molecule has 9 heteroatoms. The average Bonchev–Trinajstić information content (AvgIpc) is 3.34. The molecule has 1 aliphatic heterocycles. The molecule has 1 aliphatic carbocycles. The molecule has 1 fully saturated rings. The largest absolute Gasteiger partial charge is 0.390 e. The smallest absolute Gasteiger partial charge is 0.250 e. The molecule has 40 heavy (non-hydrogen) atoms. The Labute approximate surface area is 235 Å². The molecule has 2 aliphatic rings. The highest BCUT2D eigenvalue weighted by Gasteiger charge is 2.32. The van der Waals surface area contributed by atoms with E-state index < -0.39 is 21.5 Å². The fourth-order valence-corrected chi connectivity index (χ4v) is 6.86. The second kappa shape index (κ2) is 10.6. The fourth-order valence-electron chi connectivity index (χ4n) is 6.09. The SMILES string of the molecule is Cc1c(CC(=O)C2CCC(C)(O)CC2)cccc1-c1ccc(C(N)=O)c2[nH]c(C3=CCN(S(C)(=O)=O)CC3)cc12. The molecule has 2 aromatic carbocycles. The minimum atomic E-state index is -3.26. The number of amides is 1. The lowest BCUT2D eigenvalue weighted by Crippen LogP contribution is -2.33. The number of H-pyrrole nitrogens is 1. The summed E-state index contributed by atoms with van der Waals surface area (Å²) in [5, 5.41) is 11.1. The number of ketones is 1. The van der Waals surface area contributed by atoms with E-state index in [1.165, 1.54) is 10.6 Å². The molecular formula is C31H37N3O5S.